The number of fused-ring (bicyclic) bond motifs is 1. The van der Waals surface area contributed by atoms with Crippen LogP contribution < -0.4 is 9.47 Å². The molecule has 25 heavy (non-hydrogen) atoms. The molecular formula is C20H17ClO4. The lowest BCUT2D eigenvalue weighted by molar-refractivity contribution is 0.101. The van der Waals surface area contributed by atoms with Gasteiger partial charge < -0.3 is 13.9 Å². The van der Waals surface area contributed by atoms with E-state index in [4.69, 9.17) is 25.5 Å². The summed E-state index contributed by atoms with van der Waals surface area (Å²) in [5, 5.41) is 1.16. The molecule has 0 saturated carbocycles. The predicted octanol–water partition coefficient (Wildman–Crippen LogP) is 5.20. The molecule has 0 spiro atoms. The molecule has 3 rings (SSSR count). The first-order chi connectivity index (χ1) is 12.1. The van der Waals surface area contributed by atoms with Crippen molar-refractivity contribution in [1.82, 2.24) is 0 Å². The van der Waals surface area contributed by atoms with Gasteiger partial charge in [-0.1, -0.05) is 24.3 Å². The van der Waals surface area contributed by atoms with E-state index in [9.17, 15) is 4.79 Å². The zero-order chi connectivity index (χ0) is 18.0. The van der Waals surface area contributed by atoms with E-state index in [1.54, 1.807) is 49.6 Å². The largest absolute Gasteiger partial charge is 0.497 e. The van der Waals surface area contributed by atoms with Gasteiger partial charge in [0.25, 0.3) is 0 Å². The van der Waals surface area contributed by atoms with Crippen LogP contribution in [0.15, 0.2) is 53.5 Å². The Hall–Kier alpha value is -2.72. The molecule has 0 aliphatic rings. The second-order valence-corrected chi connectivity index (χ2v) is 5.87. The second-order valence-electron chi connectivity index (χ2n) is 5.46. The fourth-order valence-corrected chi connectivity index (χ4v) is 2.86. The number of hydrogen-bond donors (Lipinski definition) is 0. The number of aryl methyl sites for hydroxylation is 1. The van der Waals surface area contributed by atoms with Gasteiger partial charge in [0.2, 0.25) is 5.78 Å². The summed E-state index contributed by atoms with van der Waals surface area (Å²) < 4.78 is 16.6. The third kappa shape index (κ3) is 3.13. The lowest BCUT2D eigenvalue weighted by atomic mass is 10.0. The van der Waals surface area contributed by atoms with Gasteiger partial charge in [0.05, 0.1) is 17.5 Å². The molecule has 0 saturated heterocycles. The molecular weight excluding hydrogens is 340 g/mol. The number of carbonyl (C=O) groups excluding carboxylic acids is 1. The van der Waals surface area contributed by atoms with Crippen molar-refractivity contribution in [3.63, 3.8) is 0 Å². The van der Waals surface area contributed by atoms with Gasteiger partial charge in [-0.05, 0) is 43.3 Å². The fourth-order valence-electron chi connectivity index (χ4n) is 2.65. The van der Waals surface area contributed by atoms with E-state index in [2.05, 4.69) is 6.58 Å². The smallest absolute Gasteiger partial charge is 0.228 e. The molecule has 0 bridgehead atoms. The summed E-state index contributed by atoms with van der Waals surface area (Å²) in [6.45, 7) is 5.77. The van der Waals surface area contributed by atoms with Crippen LogP contribution in [0.3, 0.4) is 0 Å². The van der Waals surface area contributed by atoms with Gasteiger partial charge in [0, 0.05) is 11.1 Å². The van der Waals surface area contributed by atoms with E-state index in [0.717, 1.165) is 0 Å². The first-order valence-corrected chi connectivity index (χ1v) is 8.08. The van der Waals surface area contributed by atoms with Crippen molar-refractivity contribution in [3.05, 3.63) is 71.0 Å². The number of hydrogen-bond acceptors (Lipinski definition) is 4. The van der Waals surface area contributed by atoms with Crippen LogP contribution in [0, 0.1) is 6.92 Å². The summed E-state index contributed by atoms with van der Waals surface area (Å²) in [6, 6.07) is 10.3. The first kappa shape index (κ1) is 17.1. The van der Waals surface area contributed by atoms with Gasteiger partial charge >= 0.3 is 0 Å². The minimum Gasteiger partial charge on any atom is -0.497 e. The van der Waals surface area contributed by atoms with Crippen molar-refractivity contribution >= 4 is 28.4 Å². The van der Waals surface area contributed by atoms with E-state index < -0.39 is 0 Å². The fraction of sp³-hybridized carbons (Fsp3) is 0.150. The number of rotatable bonds is 6. The van der Waals surface area contributed by atoms with Crippen LogP contribution >= 0.6 is 11.6 Å². The van der Waals surface area contributed by atoms with E-state index >= 15 is 0 Å². The van der Waals surface area contributed by atoms with E-state index in [-0.39, 0.29) is 11.5 Å². The highest BCUT2D eigenvalue weighted by Gasteiger charge is 2.23. The SMILES string of the molecule is C=CCOc1c(Cl)ccc2oc(C(=O)c3ccc(OC)cc3)c(C)c12. The molecule has 4 nitrogen and oxygen atoms in total. The highest BCUT2D eigenvalue weighted by atomic mass is 35.5. The molecule has 0 aliphatic carbocycles. The number of halogens is 1. The van der Waals surface area contributed by atoms with Gasteiger partial charge in [0.1, 0.15) is 23.7 Å². The minimum atomic E-state index is -0.206. The average molecular weight is 357 g/mol. The summed E-state index contributed by atoms with van der Waals surface area (Å²) in [5.74, 6) is 1.24. The minimum absolute atomic E-state index is 0.206. The number of furan rings is 1. The van der Waals surface area contributed by atoms with Crippen molar-refractivity contribution < 1.29 is 18.7 Å². The normalized spacial score (nSPS) is 10.7. The topological polar surface area (TPSA) is 48.7 Å². The molecule has 0 radical (unpaired) electrons. The standard InChI is InChI=1S/C20H17ClO4/c1-4-11-24-20-15(21)9-10-16-17(20)12(2)19(25-16)18(22)13-5-7-14(23-3)8-6-13/h4-10H,1,11H2,2-3H3. The predicted molar refractivity (Wildman–Crippen MR) is 98.1 cm³/mol. The Labute approximate surface area is 150 Å². The molecule has 0 N–H and O–H groups in total. The Morgan fingerprint density at radius 3 is 2.60 bits per heavy atom. The Balaban J connectivity index is 2.08. The van der Waals surface area contributed by atoms with Gasteiger partial charge in [0.15, 0.2) is 5.76 Å². The third-order valence-corrected chi connectivity index (χ3v) is 4.20. The highest BCUT2D eigenvalue weighted by Crippen LogP contribution is 2.39. The molecule has 128 valence electrons. The van der Waals surface area contributed by atoms with Gasteiger partial charge in [-0.3, -0.25) is 4.79 Å². The van der Waals surface area contributed by atoms with E-state index in [1.165, 1.54) is 0 Å². The molecule has 0 fully saturated rings. The molecule has 2 aromatic carbocycles. The molecule has 1 heterocycles. The maximum absolute atomic E-state index is 12.8. The quantitative estimate of drug-likeness (QED) is 0.450. The monoisotopic (exact) mass is 356 g/mol. The molecule has 3 aromatic rings. The average Bonchev–Trinajstić information content (AvgIpc) is 2.97. The Morgan fingerprint density at radius 2 is 1.96 bits per heavy atom. The van der Waals surface area contributed by atoms with Gasteiger partial charge in [-0.25, -0.2) is 0 Å². The first-order valence-electron chi connectivity index (χ1n) is 7.71. The zero-order valence-corrected chi connectivity index (χ0v) is 14.7. The Bertz CT molecular complexity index is 938. The molecule has 0 atom stereocenters. The zero-order valence-electron chi connectivity index (χ0n) is 14.0. The maximum Gasteiger partial charge on any atom is 0.228 e. The van der Waals surface area contributed by atoms with Gasteiger partial charge in [-0.15, -0.1) is 0 Å². The van der Waals surface area contributed by atoms with Crippen LogP contribution in [0.25, 0.3) is 11.0 Å². The lowest BCUT2D eigenvalue weighted by Gasteiger charge is -2.07. The van der Waals surface area contributed by atoms with Crippen molar-refractivity contribution in [1.29, 1.82) is 0 Å². The number of benzene rings is 2. The summed E-state index contributed by atoms with van der Waals surface area (Å²) in [5.41, 5.74) is 1.76. The van der Waals surface area contributed by atoms with Crippen LogP contribution in [0.4, 0.5) is 0 Å². The lowest BCUT2D eigenvalue weighted by Crippen LogP contribution is -2.01. The van der Waals surface area contributed by atoms with Crippen LogP contribution in [-0.2, 0) is 0 Å². The summed E-state index contributed by atoms with van der Waals surface area (Å²) >= 11 is 6.25. The van der Waals surface area contributed by atoms with Gasteiger partial charge in [-0.2, -0.15) is 0 Å². The Kier molecular flexibility index (Phi) is 4.81. The van der Waals surface area contributed by atoms with Crippen LogP contribution in [0.5, 0.6) is 11.5 Å². The van der Waals surface area contributed by atoms with Crippen molar-refractivity contribution in [2.45, 2.75) is 6.92 Å². The molecule has 1 aromatic heterocycles. The molecule has 5 heteroatoms. The van der Waals surface area contributed by atoms with Crippen LogP contribution in [0.1, 0.15) is 21.7 Å². The third-order valence-electron chi connectivity index (χ3n) is 3.90. The van der Waals surface area contributed by atoms with Crippen LogP contribution in [-0.4, -0.2) is 19.5 Å². The number of methoxy groups -OCH3 is 1. The summed E-state index contributed by atoms with van der Waals surface area (Å²) in [4.78, 5) is 12.8. The van der Waals surface area contributed by atoms with Crippen LogP contribution in [0.2, 0.25) is 5.02 Å². The maximum atomic E-state index is 12.8. The van der Waals surface area contributed by atoms with E-state index in [0.29, 0.717) is 45.2 Å². The number of carbonyl (C=O) groups is 1. The number of ketones is 1. The second kappa shape index (κ2) is 7.03. The molecule has 0 amide bonds. The summed E-state index contributed by atoms with van der Waals surface area (Å²) in [6.07, 6.45) is 1.63. The number of ether oxygens (including phenoxy) is 2. The highest BCUT2D eigenvalue weighted by molar-refractivity contribution is 6.33. The molecule has 0 unspecified atom stereocenters. The van der Waals surface area contributed by atoms with Crippen molar-refractivity contribution in [3.8, 4) is 11.5 Å². The Morgan fingerprint density at radius 1 is 1.24 bits per heavy atom. The van der Waals surface area contributed by atoms with E-state index in [1.807, 2.05) is 6.92 Å². The van der Waals surface area contributed by atoms with Crippen molar-refractivity contribution in [2.24, 2.45) is 0 Å². The molecule has 0 aliphatic heterocycles. The van der Waals surface area contributed by atoms with Crippen molar-refractivity contribution in [2.75, 3.05) is 13.7 Å². The summed E-state index contributed by atoms with van der Waals surface area (Å²) in [7, 11) is 1.58.